The van der Waals surface area contributed by atoms with E-state index >= 15 is 0 Å². The zero-order chi connectivity index (χ0) is 24.4. The molecule has 1 fully saturated rings. The second kappa shape index (κ2) is 9.59. The summed E-state index contributed by atoms with van der Waals surface area (Å²) in [5.41, 5.74) is 0.963. The number of hydrogen-bond donors (Lipinski definition) is 2. The van der Waals surface area contributed by atoms with Crippen LogP contribution in [0, 0.1) is 0 Å². The van der Waals surface area contributed by atoms with Gasteiger partial charge in [-0.3, -0.25) is 9.59 Å². The van der Waals surface area contributed by atoms with E-state index in [0.717, 1.165) is 0 Å². The molecule has 0 radical (unpaired) electrons. The Morgan fingerprint density at radius 3 is 1.58 bits per heavy atom. The average molecular weight is 495 g/mol. The topological polar surface area (TPSA) is 133 Å². The van der Waals surface area contributed by atoms with Gasteiger partial charge in [0.05, 0.1) is 9.79 Å². The quantitative estimate of drug-likeness (QED) is 0.628. The van der Waals surface area contributed by atoms with Crippen LogP contribution in [0.4, 0.5) is 11.4 Å². The molecule has 10 nitrogen and oxygen atoms in total. The molecule has 33 heavy (non-hydrogen) atoms. The Bertz CT molecular complexity index is 1240. The Morgan fingerprint density at radius 1 is 0.758 bits per heavy atom. The maximum absolute atomic E-state index is 13.1. The molecule has 1 atom stereocenters. The van der Waals surface area contributed by atoms with Crippen molar-refractivity contribution in [3.05, 3.63) is 48.5 Å². The summed E-state index contributed by atoms with van der Waals surface area (Å²) in [6.45, 7) is 4.38. The summed E-state index contributed by atoms with van der Waals surface area (Å²) in [5, 5.41) is 5.16. The highest BCUT2D eigenvalue weighted by Gasteiger charge is 2.38. The van der Waals surface area contributed by atoms with Crippen LogP contribution in [0.2, 0.25) is 0 Å². The van der Waals surface area contributed by atoms with Crippen molar-refractivity contribution >= 4 is 43.2 Å². The molecule has 1 aliphatic heterocycles. The Kier molecular flexibility index (Phi) is 7.22. The minimum Gasteiger partial charge on any atom is -0.326 e. The number of carbonyl (C=O) groups is 2. The van der Waals surface area contributed by atoms with Gasteiger partial charge in [0.15, 0.2) is 0 Å². The van der Waals surface area contributed by atoms with E-state index in [0.29, 0.717) is 11.4 Å². The van der Waals surface area contributed by atoms with E-state index in [1.807, 2.05) is 0 Å². The summed E-state index contributed by atoms with van der Waals surface area (Å²) >= 11 is 0. The van der Waals surface area contributed by atoms with Crippen LogP contribution in [-0.2, 0) is 29.6 Å². The third kappa shape index (κ3) is 5.58. The van der Waals surface area contributed by atoms with Gasteiger partial charge in [0.2, 0.25) is 31.9 Å². The standard InChI is InChI=1S/C21H26N4O6S2/c1-15-14-24(32(28,29)20-8-4-18(5-9-20)22-16(2)26)12-13-25(15)33(30,31)21-10-6-19(7-11-21)23-17(3)27/h4-11,15H,12-14H2,1-3H3,(H,22,26)(H,23,27)/t15-/m0/s1. The maximum atomic E-state index is 13.1. The second-order valence-corrected chi connectivity index (χ2v) is 11.6. The lowest BCUT2D eigenvalue weighted by Crippen LogP contribution is -2.55. The van der Waals surface area contributed by atoms with E-state index in [9.17, 15) is 26.4 Å². The van der Waals surface area contributed by atoms with Crippen molar-refractivity contribution in [3.8, 4) is 0 Å². The summed E-state index contributed by atoms with van der Waals surface area (Å²) in [7, 11) is -7.68. The molecule has 2 aromatic carbocycles. The number of carbonyl (C=O) groups excluding carboxylic acids is 2. The minimum atomic E-state index is -3.85. The average Bonchev–Trinajstić information content (AvgIpc) is 2.73. The highest BCUT2D eigenvalue weighted by Crippen LogP contribution is 2.26. The van der Waals surface area contributed by atoms with Gasteiger partial charge in [-0.1, -0.05) is 0 Å². The number of anilines is 2. The SMILES string of the molecule is CC(=O)Nc1ccc(S(=O)(=O)N2CCN(S(=O)(=O)c3ccc(NC(C)=O)cc3)[C@@H](C)C2)cc1. The third-order valence-electron chi connectivity index (χ3n) is 5.12. The lowest BCUT2D eigenvalue weighted by Gasteiger charge is -2.38. The summed E-state index contributed by atoms with van der Waals surface area (Å²) in [6, 6.07) is 11.1. The molecule has 3 rings (SSSR count). The van der Waals surface area contributed by atoms with Gasteiger partial charge in [-0.05, 0) is 55.5 Å². The van der Waals surface area contributed by atoms with Crippen LogP contribution in [0.5, 0.6) is 0 Å². The van der Waals surface area contributed by atoms with Crippen LogP contribution in [0.15, 0.2) is 58.3 Å². The van der Waals surface area contributed by atoms with Crippen LogP contribution in [0.3, 0.4) is 0 Å². The zero-order valence-electron chi connectivity index (χ0n) is 18.5. The second-order valence-electron chi connectivity index (χ2n) is 7.74. The minimum absolute atomic E-state index is 0.000152. The fraction of sp³-hybridized carbons (Fsp3) is 0.333. The molecule has 0 aliphatic carbocycles. The van der Waals surface area contributed by atoms with E-state index < -0.39 is 26.1 Å². The molecule has 1 heterocycles. The number of sulfonamides is 2. The molecule has 0 bridgehead atoms. The Labute approximate surface area is 193 Å². The van der Waals surface area contributed by atoms with Crippen LogP contribution < -0.4 is 10.6 Å². The number of nitrogens with one attached hydrogen (secondary N) is 2. The molecule has 1 aliphatic rings. The van der Waals surface area contributed by atoms with Gasteiger partial charge in [-0.15, -0.1) is 0 Å². The van der Waals surface area contributed by atoms with Crippen molar-refractivity contribution in [2.24, 2.45) is 0 Å². The fourth-order valence-corrected chi connectivity index (χ4v) is 6.72. The number of nitrogens with zero attached hydrogens (tertiary/aromatic N) is 2. The van der Waals surface area contributed by atoms with E-state index in [-0.39, 0.29) is 41.2 Å². The largest absolute Gasteiger partial charge is 0.326 e. The molecule has 1 saturated heterocycles. The molecule has 12 heteroatoms. The molecule has 2 amide bonds. The first-order valence-electron chi connectivity index (χ1n) is 10.2. The van der Waals surface area contributed by atoms with Crippen molar-refractivity contribution in [3.63, 3.8) is 0 Å². The van der Waals surface area contributed by atoms with E-state index in [4.69, 9.17) is 0 Å². The lowest BCUT2D eigenvalue weighted by atomic mass is 10.3. The predicted octanol–water partition coefficient (Wildman–Crippen LogP) is 1.69. The first-order chi connectivity index (χ1) is 15.4. The van der Waals surface area contributed by atoms with Gasteiger partial charge in [-0.25, -0.2) is 16.8 Å². The van der Waals surface area contributed by atoms with Gasteiger partial charge < -0.3 is 10.6 Å². The number of piperazine rings is 1. The number of hydrogen-bond acceptors (Lipinski definition) is 6. The number of amides is 2. The summed E-state index contributed by atoms with van der Waals surface area (Å²) < 4.78 is 54.9. The van der Waals surface area contributed by atoms with Gasteiger partial charge in [0.1, 0.15) is 0 Å². The summed E-state index contributed by atoms with van der Waals surface area (Å²) in [4.78, 5) is 22.4. The van der Waals surface area contributed by atoms with Crippen molar-refractivity contribution in [1.82, 2.24) is 8.61 Å². The van der Waals surface area contributed by atoms with Gasteiger partial charge in [0, 0.05) is 50.9 Å². The first kappa shape index (κ1) is 24.8. The van der Waals surface area contributed by atoms with Crippen molar-refractivity contribution < 1.29 is 26.4 Å². The number of rotatable bonds is 6. The normalized spacial score (nSPS) is 18.0. The van der Waals surface area contributed by atoms with Crippen molar-refractivity contribution in [2.75, 3.05) is 30.3 Å². The summed E-state index contributed by atoms with van der Waals surface area (Å²) in [6.07, 6.45) is 0. The Balaban J connectivity index is 1.74. The van der Waals surface area contributed by atoms with Crippen LogP contribution >= 0.6 is 0 Å². The smallest absolute Gasteiger partial charge is 0.243 e. The first-order valence-corrected chi connectivity index (χ1v) is 13.1. The third-order valence-corrected chi connectivity index (χ3v) is 9.03. The van der Waals surface area contributed by atoms with E-state index in [1.165, 1.54) is 71.0 Å². The van der Waals surface area contributed by atoms with Crippen LogP contribution in [0.25, 0.3) is 0 Å². The molecular formula is C21H26N4O6S2. The van der Waals surface area contributed by atoms with Crippen LogP contribution in [-0.4, -0.2) is 62.9 Å². The molecule has 0 aromatic heterocycles. The molecule has 0 unspecified atom stereocenters. The monoisotopic (exact) mass is 494 g/mol. The number of benzene rings is 2. The van der Waals surface area contributed by atoms with Crippen molar-refractivity contribution in [1.29, 1.82) is 0 Å². The molecule has 2 aromatic rings. The highest BCUT2D eigenvalue weighted by atomic mass is 32.2. The van der Waals surface area contributed by atoms with Crippen LogP contribution in [0.1, 0.15) is 20.8 Å². The zero-order valence-corrected chi connectivity index (χ0v) is 20.1. The lowest BCUT2D eigenvalue weighted by molar-refractivity contribution is -0.115. The maximum Gasteiger partial charge on any atom is 0.243 e. The molecular weight excluding hydrogens is 468 g/mol. The Hall–Kier alpha value is -2.80. The highest BCUT2D eigenvalue weighted by molar-refractivity contribution is 7.89. The van der Waals surface area contributed by atoms with Gasteiger partial charge in [-0.2, -0.15) is 8.61 Å². The summed E-state index contributed by atoms with van der Waals surface area (Å²) in [5.74, 6) is -0.525. The molecule has 178 valence electrons. The van der Waals surface area contributed by atoms with Gasteiger partial charge >= 0.3 is 0 Å². The predicted molar refractivity (Wildman–Crippen MR) is 124 cm³/mol. The van der Waals surface area contributed by atoms with Crippen molar-refractivity contribution in [2.45, 2.75) is 36.6 Å². The molecule has 2 N–H and O–H groups in total. The fourth-order valence-electron chi connectivity index (χ4n) is 3.59. The Morgan fingerprint density at radius 2 is 1.18 bits per heavy atom. The van der Waals surface area contributed by atoms with E-state index in [1.54, 1.807) is 6.92 Å². The molecule has 0 saturated carbocycles. The van der Waals surface area contributed by atoms with Gasteiger partial charge in [0.25, 0.3) is 0 Å². The molecule has 0 spiro atoms. The van der Waals surface area contributed by atoms with E-state index in [2.05, 4.69) is 10.6 Å².